The number of hydrogen-bond donors (Lipinski definition) is 2. The summed E-state index contributed by atoms with van der Waals surface area (Å²) in [6.45, 7) is 1.18. The molecule has 0 bridgehead atoms. The second-order valence-corrected chi connectivity index (χ2v) is 4.51. The molecule has 96 valence electrons. The van der Waals surface area contributed by atoms with Crippen molar-refractivity contribution in [2.24, 2.45) is 5.73 Å². The van der Waals surface area contributed by atoms with E-state index in [2.05, 4.69) is 5.32 Å². The number of benzene rings is 1. The second-order valence-electron chi connectivity index (χ2n) is 4.07. The average molecular weight is 267 g/mol. The molecule has 1 amide bonds. The fourth-order valence-electron chi connectivity index (χ4n) is 1.76. The van der Waals surface area contributed by atoms with E-state index in [4.69, 9.17) is 21.8 Å². The van der Waals surface area contributed by atoms with Gasteiger partial charge in [-0.05, 0) is 31.2 Å². The highest BCUT2D eigenvalue weighted by Gasteiger charge is 2.10. The van der Waals surface area contributed by atoms with Gasteiger partial charge in [-0.2, -0.15) is 0 Å². The van der Waals surface area contributed by atoms with Crippen molar-refractivity contribution in [2.75, 3.05) is 13.1 Å². The van der Waals surface area contributed by atoms with E-state index in [0.29, 0.717) is 18.1 Å². The average Bonchev–Trinajstić information content (AvgIpc) is 2.72. The van der Waals surface area contributed by atoms with Crippen LogP contribution in [0.3, 0.4) is 0 Å². The number of nitrogens with one attached hydrogen (secondary N) is 1. The van der Waals surface area contributed by atoms with Crippen LogP contribution in [0.1, 0.15) is 12.0 Å². The first-order valence-corrected chi connectivity index (χ1v) is 6.21. The van der Waals surface area contributed by atoms with Crippen LogP contribution in [-0.2, 0) is 11.2 Å². The van der Waals surface area contributed by atoms with Gasteiger partial charge in [0.2, 0.25) is 5.91 Å². The minimum Gasteiger partial charge on any atom is -0.464 e. The Morgan fingerprint density at radius 3 is 3.06 bits per heavy atom. The Kier molecular flexibility index (Phi) is 4.23. The third-order valence-electron chi connectivity index (χ3n) is 2.67. The number of hydrogen-bond acceptors (Lipinski definition) is 3. The molecule has 0 unspecified atom stereocenters. The van der Waals surface area contributed by atoms with Crippen molar-refractivity contribution in [1.82, 2.24) is 5.32 Å². The molecule has 1 heterocycles. The molecule has 0 aliphatic heterocycles. The number of furan rings is 1. The third kappa shape index (κ3) is 3.03. The molecule has 2 rings (SSSR count). The van der Waals surface area contributed by atoms with Crippen LogP contribution in [0.25, 0.3) is 11.0 Å². The van der Waals surface area contributed by atoms with Crippen molar-refractivity contribution in [2.45, 2.75) is 12.8 Å². The van der Waals surface area contributed by atoms with E-state index in [1.54, 1.807) is 18.4 Å². The molecule has 0 spiro atoms. The molecule has 1 aromatic carbocycles. The molecular weight excluding hydrogens is 252 g/mol. The number of amides is 1. The van der Waals surface area contributed by atoms with Gasteiger partial charge in [0.15, 0.2) is 0 Å². The van der Waals surface area contributed by atoms with Crippen LogP contribution >= 0.6 is 11.6 Å². The molecule has 1 aromatic heterocycles. The zero-order valence-corrected chi connectivity index (χ0v) is 10.7. The van der Waals surface area contributed by atoms with Gasteiger partial charge < -0.3 is 15.5 Å². The zero-order chi connectivity index (χ0) is 13.0. The van der Waals surface area contributed by atoms with Gasteiger partial charge in [-0.1, -0.05) is 11.6 Å². The maximum atomic E-state index is 11.7. The van der Waals surface area contributed by atoms with Crippen LogP contribution in [0, 0.1) is 0 Å². The number of rotatable bonds is 5. The molecule has 0 radical (unpaired) electrons. The van der Waals surface area contributed by atoms with E-state index in [0.717, 1.165) is 23.0 Å². The Labute approximate surface area is 110 Å². The fraction of sp³-hybridized carbons (Fsp3) is 0.308. The van der Waals surface area contributed by atoms with E-state index < -0.39 is 0 Å². The van der Waals surface area contributed by atoms with E-state index >= 15 is 0 Å². The van der Waals surface area contributed by atoms with Crippen LogP contribution in [0.15, 0.2) is 28.9 Å². The number of carbonyl (C=O) groups is 1. The summed E-state index contributed by atoms with van der Waals surface area (Å²) in [5.74, 6) is -0.0360. The van der Waals surface area contributed by atoms with Gasteiger partial charge in [-0.15, -0.1) is 0 Å². The largest absolute Gasteiger partial charge is 0.464 e. The molecule has 5 heteroatoms. The summed E-state index contributed by atoms with van der Waals surface area (Å²) < 4.78 is 5.37. The zero-order valence-electron chi connectivity index (χ0n) is 9.91. The van der Waals surface area contributed by atoms with Crippen molar-refractivity contribution >= 4 is 28.5 Å². The van der Waals surface area contributed by atoms with E-state index in [-0.39, 0.29) is 12.3 Å². The van der Waals surface area contributed by atoms with Gasteiger partial charge in [0, 0.05) is 22.5 Å². The Balaban J connectivity index is 2.07. The van der Waals surface area contributed by atoms with Gasteiger partial charge in [0.05, 0.1) is 12.7 Å². The van der Waals surface area contributed by atoms with Gasteiger partial charge in [0.1, 0.15) is 5.58 Å². The molecule has 0 aliphatic carbocycles. The molecule has 3 N–H and O–H groups in total. The maximum absolute atomic E-state index is 11.7. The molecule has 0 atom stereocenters. The minimum atomic E-state index is -0.0360. The summed E-state index contributed by atoms with van der Waals surface area (Å²) in [6.07, 6.45) is 2.67. The molecule has 4 nitrogen and oxygen atoms in total. The number of halogens is 1. The van der Waals surface area contributed by atoms with Crippen molar-refractivity contribution in [1.29, 1.82) is 0 Å². The topological polar surface area (TPSA) is 68.3 Å². The third-order valence-corrected chi connectivity index (χ3v) is 2.90. The number of carbonyl (C=O) groups excluding carboxylic acids is 1. The highest BCUT2D eigenvalue weighted by molar-refractivity contribution is 6.31. The summed E-state index contributed by atoms with van der Waals surface area (Å²) in [5, 5.41) is 4.33. The summed E-state index contributed by atoms with van der Waals surface area (Å²) in [5.41, 5.74) is 6.95. The van der Waals surface area contributed by atoms with Crippen LogP contribution in [0.5, 0.6) is 0 Å². The maximum Gasteiger partial charge on any atom is 0.224 e. The predicted molar refractivity (Wildman–Crippen MR) is 71.6 cm³/mol. The lowest BCUT2D eigenvalue weighted by molar-refractivity contribution is -0.120. The van der Waals surface area contributed by atoms with E-state index in [9.17, 15) is 4.79 Å². The Morgan fingerprint density at radius 1 is 1.44 bits per heavy atom. The first kappa shape index (κ1) is 12.9. The monoisotopic (exact) mass is 266 g/mol. The highest BCUT2D eigenvalue weighted by atomic mass is 35.5. The van der Waals surface area contributed by atoms with Gasteiger partial charge in [0.25, 0.3) is 0 Å². The van der Waals surface area contributed by atoms with Crippen LogP contribution in [-0.4, -0.2) is 19.0 Å². The quantitative estimate of drug-likeness (QED) is 0.815. The van der Waals surface area contributed by atoms with Gasteiger partial charge >= 0.3 is 0 Å². The number of nitrogens with two attached hydrogens (primary N) is 1. The molecule has 2 aromatic rings. The molecule has 0 fully saturated rings. The van der Waals surface area contributed by atoms with Crippen LogP contribution < -0.4 is 11.1 Å². The highest BCUT2D eigenvalue weighted by Crippen LogP contribution is 2.24. The van der Waals surface area contributed by atoms with Crippen LogP contribution in [0.2, 0.25) is 5.02 Å². The Hall–Kier alpha value is -1.52. The SMILES string of the molecule is NCCCNC(=O)Cc1coc2ccc(Cl)cc12. The molecule has 0 saturated heterocycles. The molecule has 18 heavy (non-hydrogen) atoms. The van der Waals surface area contributed by atoms with E-state index in [1.807, 2.05) is 6.07 Å². The standard InChI is InChI=1S/C13H15ClN2O2/c14-10-2-3-12-11(7-10)9(8-18-12)6-13(17)16-5-1-4-15/h2-3,7-8H,1,4-6,15H2,(H,16,17). The lowest BCUT2D eigenvalue weighted by Crippen LogP contribution is -2.27. The molecule has 0 aliphatic rings. The van der Waals surface area contributed by atoms with Gasteiger partial charge in [-0.25, -0.2) is 0 Å². The first-order chi connectivity index (χ1) is 8.70. The second kappa shape index (κ2) is 5.89. The van der Waals surface area contributed by atoms with Crippen LogP contribution in [0.4, 0.5) is 0 Å². The predicted octanol–water partition coefficient (Wildman–Crippen LogP) is 2.09. The van der Waals surface area contributed by atoms with Crippen molar-refractivity contribution < 1.29 is 9.21 Å². The summed E-state index contributed by atoms with van der Waals surface area (Å²) in [4.78, 5) is 11.7. The lowest BCUT2D eigenvalue weighted by Gasteiger charge is -2.02. The van der Waals surface area contributed by atoms with E-state index in [1.165, 1.54) is 0 Å². The van der Waals surface area contributed by atoms with Crippen molar-refractivity contribution in [3.05, 3.63) is 35.0 Å². The summed E-state index contributed by atoms with van der Waals surface area (Å²) >= 11 is 5.93. The van der Waals surface area contributed by atoms with Crippen molar-refractivity contribution in [3.8, 4) is 0 Å². The number of fused-ring (bicyclic) bond motifs is 1. The normalized spacial score (nSPS) is 10.8. The molecular formula is C13H15ClN2O2. The summed E-state index contributed by atoms with van der Waals surface area (Å²) in [7, 11) is 0. The Morgan fingerprint density at radius 2 is 2.28 bits per heavy atom. The fourth-order valence-corrected chi connectivity index (χ4v) is 1.93. The smallest absolute Gasteiger partial charge is 0.224 e. The first-order valence-electron chi connectivity index (χ1n) is 5.83. The molecule has 0 saturated carbocycles. The Bertz CT molecular complexity index is 551. The van der Waals surface area contributed by atoms with Crippen molar-refractivity contribution in [3.63, 3.8) is 0 Å². The summed E-state index contributed by atoms with van der Waals surface area (Å²) in [6, 6.07) is 5.37. The minimum absolute atomic E-state index is 0.0360. The van der Waals surface area contributed by atoms with Gasteiger partial charge in [-0.3, -0.25) is 4.79 Å². The lowest BCUT2D eigenvalue weighted by atomic mass is 10.1.